The third-order valence-electron chi connectivity index (χ3n) is 3.44. The van der Waals surface area contributed by atoms with Crippen molar-refractivity contribution >= 4 is 0 Å². The lowest BCUT2D eigenvalue weighted by molar-refractivity contribution is 0.279. The van der Waals surface area contributed by atoms with E-state index in [-0.39, 0.29) is 18.7 Å². The molecular weight excluding hydrogens is 252 g/mol. The number of hydrogen-bond donors (Lipinski definition) is 2. The van der Waals surface area contributed by atoms with Gasteiger partial charge in [-0.1, -0.05) is 30.3 Å². The van der Waals surface area contributed by atoms with Gasteiger partial charge in [0, 0.05) is 25.3 Å². The molecule has 0 bridgehead atoms. The lowest BCUT2D eigenvalue weighted by atomic mass is 10.0. The van der Waals surface area contributed by atoms with E-state index >= 15 is 0 Å². The number of aliphatic hydroxyl groups is 1. The molecule has 0 radical (unpaired) electrons. The molecule has 0 aliphatic heterocycles. The Labute approximate surface area is 118 Å². The van der Waals surface area contributed by atoms with Gasteiger partial charge in [0.2, 0.25) is 0 Å². The summed E-state index contributed by atoms with van der Waals surface area (Å²) in [5.74, 6) is 0. The minimum absolute atomic E-state index is 0.0557. The number of aryl methyl sites for hydroxylation is 1. The van der Waals surface area contributed by atoms with Crippen LogP contribution in [0, 0.1) is 6.92 Å². The maximum absolute atomic E-state index is 12.5. The molecule has 3 N–H and O–H groups in total. The zero-order chi connectivity index (χ0) is 14.5. The molecule has 2 aromatic rings. The SMILES string of the molecule is Cc1cc(-c2ccccc2)n(CCCO)c(=O)c1CN. The predicted octanol–water partition coefficient (Wildman–Crippen LogP) is 1.66. The van der Waals surface area contributed by atoms with Crippen LogP contribution in [0.4, 0.5) is 0 Å². The summed E-state index contributed by atoms with van der Waals surface area (Å²) in [7, 11) is 0. The summed E-state index contributed by atoms with van der Waals surface area (Å²) in [6, 6.07) is 11.8. The van der Waals surface area contributed by atoms with Crippen molar-refractivity contribution in [3.05, 3.63) is 57.9 Å². The Morgan fingerprint density at radius 2 is 1.95 bits per heavy atom. The van der Waals surface area contributed by atoms with E-state index in [1.807, 2.05) is 43.3 Å². The van der Waals surface area contributed by atoms with E-state index in [1.54, 1.807) is 4.57 Å². The third kappa shape index (κ3) is 2.81. The van der Waals surface area contributed by atoms with Gasteiger partial charge < -0.3 is 15.4 Å². The van der Waals surface area contributed by atoms with Crippen LogP contribution in [0.3, 0.4) is 0 Å². The second kappa shape index (κ2) is 6.50. The second-order valence-electron chi connectivity index (χ2n) is 4.80. The van der Waals surface area contributed by atoms with Gasteiger partial charge in [-0.2, -0.15) is 0 Å². The van der Waals surface area contributed by atoms with Gasteiger partial charge in [0.05, 0.1) is 5.69 Å². The van der Waals surface area contributed by atoms with Crippen LogP contribution in [-0.4, -0.2) is 16.3 Å². The fraction of sp³-hybridized carbons (Fsp3) is 0.312. The molecule has 0 spiro atoms. The molecule has 0 amide bonds. The van der Waals surface area contributed by atoms with E-state index in [2.05, 4.69) is 0 Å². The minimum Gasteiger partial charge on any atom is -0.396 e. The number of aliphatic hydroxyl groups excluding tert-OH is 1. The van der Waals surface area contributed by atoms with E-state index in [9.17, 15) is 4.79 Å². The molecule has 1 aromatic heterocycles. The summed E-state index contributed by atoms with van der Waals surface area (Å²) < 4.78 is 1.71. The first-order valence-electron chi connectivity index (χ1n) is 6.78. The molecule has 0 aliphatic rings. The first-order valence-corrected chi connectivity index (χ1v) is 6.78. The standard InChI is InChI=1S/C16H20N2O2/c1-12-10-15(13-6-3-2-4-7-13)18(8-5-9-19)16(20)14(12)11-17/h2-4,6-7,10,19H,5,8-9,11,17H2,1H3. The van der Waals surface area contributed by atoms with Crippen LogP contribution in [0.1, 0.15) is 17.5 Å². The molecular formula is C16H20N2O2. The van der Waals surface area contributed by atoms with E-state index < -0.39 is 0 Å². The van der Waals surface area contributed by atoms with Gasteiger partial charge in [-0.15, -0.1) is 0 Å². The number of rotatable bonds is 5. The Morgan fingerprint density at radius 1 is 1.25 bits per heavy atom. The highest BCUT2D eigenvalue weighted by Gasteiger charge is 2.12. The summed E-state index contributed by atoms with van der Waals surface area (Å²) in [5.41, 5.74) is 9.04. The molecule has 4 heteroatoms. The Kier molecular flexibility index (Phi) is 4.71. The number of hydrogen-bond acceptors (Lipinski definition) is 3. The quantitative estimate of drug-likeness (QED) is 0.870. The Hall–Kier alpha value is -1.91. The Bertz CT molecular complexity index is 633. The maximum Gasteiger partial charge on any atom is 0.255 e. The van der Waals surface area contributed by atoms with E-state index in [0.717, 1.165) is 16.8 Å². The highest BCUT2D eigenvalue weighted by molar-refractivity contribution is 5.61. The highest BCUT2D eigenvalue weighted by Crippen LogP contribution is 2.20. The summed E-state index contributed by atoms with van der Waals surface area (Å²) in [5, 5.41) is 9.02. The van der Waals surface area contributed by atoms with Crippen molar-refractivity contribution in [3.63, 3.8) is 0 Å². The van der Waals surface area contributed by atoms with Crippen LogP contribution in [0.2, 0.25) is 0 Å². The molecule has 1 heterocycles. The predicted molar refractivity (Wildman–Crippen MR) is 80.5 cm³/mol. The van der Waals surface area contributed by atoms with Gasteiger partial charge in [0.25, 0.3) is 5.56 Å². The Morgan fingerprint density at radius 3 is 2.55 bits per heavy atom. The third-order valence-corrected chi connectivity index (χ3v) is 3.44. The number of pyridine rings is 1. The Balaban J connectivity index is 2.63. The fourth-order valence-electron chi connectivity index (χ4n) is 2.36. The van der Waals surface area contributed by atoms with Crippen molar-refractivity contribution in [3.8, 4) is 11.3 Å². The van der Waals surface area contributed by atoms with Crippen LogP contribution < -0.4 is 11.3 Å². The van der Waals surface area contributed by atoms with Crippen molar-refractivity contribution in [2.75, 3.05) is 6.61 Å². The average molecular weight is 272 g/mol. The first kappa shape index (κ1) is 14.5. The molecule has 0 fully saturated rings. The van der Waals surface area contributed by atoms with Gasteiger partial charge in [-0.25, -0.2) is 0 Å². The number of benzene rings is 1. The maximum atomic E-state index is 12.5. The zero-order valence-corrected chi connectivity index (χ0v) is 11.7. The smallest absolute Gasteiger partial charge is 0.255 e. The molecule has 2 rings (SSSR count). The van der Waals surface area contributed by atoms with E-state index in [0.29, 0.717) is 18.5 Å². The van der Waals surface area contributed by atoms with Crippen LogP contribution >= 0.6 is 0 Å². The molecule has 1 aromatic carbocycles. The van der Waals surface area contributed by atoms with Crippen LogP contribution in [-0.2, 0) is 13.1 Å². The van der Waals surface area contributed by atoms with Crippen molar-refractivity contribution in [2.24, 2.45) is 5.73 Å². The van der Waals surface area contributed by atoms with Gasteiger partial charge >= 0.3 is 0 Å². The normalized spacial score (nSPS) is 10.8. The molecule has 0 saturated heterocycles. The number of nitrogens with two attached hydrogens (primary N) is 1. The lowest BCUT2D eigenvalue weighted by Crippen LogP contribution is -2.28. The monoisotopic (exact) mass is 272 g/mol. The van der Waals surface area contributed by atoms with Gasteiger partial charge in [0.15, 0.2) is 0 Å². The van der Waals surface area contributed by atoms with Crippen LogP contribution in [0.25, 0.3) is 11.3 Å². The number of aromatic nitrogens is 1. The topological polar surface area (TPSA) is 68.2 Å². The van der Waals surface area contributed by atoms with Gasteiger partial charge in [-0.3, -0.25) is 4.79 Å². The molecule has 4 nitrogen and oxygen atoms in total. The minimum atomic E-state index is -0.0557. The van der Waals surface area contributed by atoms with Crippen molar-refractivity contribution < 1.29 is 5.11 Å². The molecule has 20 heavy (non-hydrogen) atoms. The van der Waals surface area contributed by atoms with Gasteiger partial charge in [-0.05, 0) is 30.5 Å². The van der Waals surface area contributed by atoms with Crippen LogP contribution in [0.15, 0.2) is 41.2 Å². The van der Waals surface area contributed by atoms with Gasteiger partial charge in [0.1, 0.15) is 0 Å². The largest absolute Gasteiger partial charge is 0.396 e. The summed E-state index contributed by atoms with van der Waals surface area (Å²) in [6.45, 7) is 2.70. The first-order chi connectivity index (χ1) is 9.69. The lowest BCUT2D eigenvalue weighted by Gasteiger charge is -2.16. The van der Waals surface area contributed by atoms with Crippen LogP contribution in [0.5, 0.6) is 0 Å². The van der Waals surface area contributed by atoms with Crippen molar-refractivity contribution in [1.29, 1.82) is 0 Å². The molecule has 0 saturated carbocycles. The molecule has 0 aliphatic carbocycles. The number of nitrogens with zero attached hydrogens (tertiary/aromatic N) is 1. The molecule has 0 unspecified atom stereocenters. The summed E-state index contributed by atoms with van der Waals surface area (Å²) >= 11 is 0. The van der Waals surface area contributed by atoms with Crippen molar-refractivity contribution in [1.82, 2.24) is 4.57 Å². The summed E-state index contributed by atoms with van der Waals surface area (Å²) in [4.78, 5) is 12.5. The van der Waals surface area contributed by atoms with E-state index in [1.165, 1.54) is 0 Å². The average Bonchev–Trinajstić information content (AvgIpc) is 2.47. The second-order valence-corrected chi connectivity index (χ2v) is 4.80. The highest BCUT2D eigenvalue weighted by atomic mass is 16.3. The summed E-state index contributed by atoms with van der Waals surface area (Å²) in [6.07, 6.45) is 0.548. The molecule has 0 atom stereocenters. The molecule has 106 valence electrons. The van der Waals surface area contributed by atoms with E-state index in [4.69, 9.17) is 10.8 Å². The fourth-order valence-corrected chi connectivity index (χ4v) is 2.36. The van der Waals surface area contributed by atoms with Crippen molar-refractivity contribution in [2.45, 2.75) is 26.4 Å². The zero-order valence-electron chi connectivity index (χ0n) is 11.7.